The summed E-state index contributed by atoms with van der Waals surface area (Å²) in [7, 11) is 0. The summed E-state index contributed by atoms with van der Waals surface area (Å²) in [6, 6.07) is 6.41. The highest BCUT2D eigenvalue weighted by Crippen LogP contribution is 2.40. The maximum Gasteiger partial charge on any atom is 0.269 e. The molecule has 3 aromatic rings. The van der Waals surface area contributed by atoms with Crippen LogP contribution in [0.4, 0.5) is 5.69 Å². The second kappa shape index (κ2) is 6.41. The van der Waals surface area contributed by atoms with E-state index in [0.717, 1.165) is 36.4 Å². The van der Waals surface area contributed by atoms with Crippen molar-refractivity contribution < 1.29 is 10.0 Å². The zero-order valence-corrected chi connectivity index (χ0v) is 14.2. The Morgan fingerprint density at radius 3 is 2.56 bits per heavy atom. The molecule has 1 aliphatic rings. The molecule has 25 heavy (non-hydrogen) atoms. The van der Waals surface area contributed by atoms with Crippen LogP contribution >= 0.6 is 11.3 Å². The van der Waals surface area contributed by atoms with Gasteiger partial charge in [0.1, 0.15) is 6.33 Å². The highest BCUT2D eigenvalue weighted by Gasteiger charge is 2.30. The Kier molecular flexibility index (Phi) is 4.10. The molecule has 3 heterocycles. The van der Waals surface area contributed by atoms with Gasteiger partial charge < -0.3 is 5.11 Å². The Hall–Kier alpha value is -2.52. The number of hydrogen-bond acceptors (Lipinski definition) is 7. The molecular formula is C16H17N5O3S. The maximum absolute atomic E-state index is 10.9. The zero-order valence-electron chi connectivity index (χ0n) is 13.4. The van der Waals surface area contributed by atoms with Gasteiger partial charge in [-0.2, -0.15) is 9.61 Å². The minimum atomic E-state index is -0.402. The smallest absolute Gasteiger partial charge is 0.269 e. The molecule has 1 aliphatic heterocycles. The van der Waals surface area contributed by atoms with Crippen molar-refractivity contribution in [2.24, 2.45) is 0 Å². The SMILES string of the molecule is O=[N+]([O-])c1ccc(C(c2sc3ncnn3c2O)N2CCCCC2)cc1. The number of fused-ring (bicyclic) bond motifs is 1. The zero-order chi connectivity index (χ0) is 17.4. The van der Waals surface area contributed by atoms with Gasteiger partial charge >= 0.3 is 0 Å². The summed E-state index contributed by atoms with van der Waals surface area (Å²) in [5.41, 5.74) is 0.986. The maximum atomic E-state index is 10.9. The topological polar surface area (TPSA) is 96.8 Å². The van der Waals surface area contributed by atoms with E-state index in [0.29, 0.717) is 4.96 Å². The van der Waals surface area contributed by atoms with E-state index < -0.39 is 4.92 Å². The predicted octanol–water partition coefficient (Wildman–Crippen LogP) is 2.98. The molecule has 130 valence electrons. The molecule has 2 aromatic heterocycles. The fraction of sp³-hybridized carbons (Fsp3) is 0.375. The number of nitro benzene ring substituents is 1. The van der Waals surface area contributed by atoms with Gasteiger partial charge in [0.05, 0.1) is 15.8 Å². The number of non-ortho nitro benzene ring substituents is 1. The molecule has 1 N–H and O–H groups in total. The van der Waals surface area contributed by atoms with Crippen LogP contribution in [0, 0.1) is 10.1 Å². The summed E-state index contributed by atoms with van der Waals surface area (Å²) in [6.07, 6.45) is 4.82. The fourth-order valence-electron chi connectivity index (χ4n) is 3.36. The molecule has 1 saturated heterocycles. The second-order valence-corrected chi connectivity index (χ2v) is 7.10. The summed E-state index contributed by atoms with van der Waals surface area (Å²) in [4.78, 5) is 18.4. The van der Waals surface area contributed by atoms with Gasteiger partial charge in [-0.15, -0.1) is 0 Å². The Labute approximate surface area is 147 Å². The van der Waals surface area contributed by atoms with Gasteiger partial charge in [0.25, 0.3) is 5.69 Å². The van der Waals surface area contributed by atoms with Crippen molar-refractivity contribution in [3.8, 4) is 5.88 Å². The van der Waals surface area contributed by atoms with Crippen LogP contribution in [0.2, 0.25) is 0 Å². The normalized spacial score (nSPS) is 17.0. The predicted molar refractivity (Wildman–Crippen MR) is 92.9 cm³/mol. The number of hydrogen-bond donors (Lipinski definition) is 1. The molecule has 9 heteroatoms. The summed E-state index contributed by atoms with van der Waals surface area (Å²) in [5.74, 6) is 0.0893. The molecule has 1 aromatic carbocycles. The third-order valence-corrected chi connectivity index (χ3v) is 5.65. The molecule has 1 fully saturated rings. The number of piperidine rings is 1. The Balaban J connectivity index is 1.79. The van der Waals surface area contributed by atoms with Crippen LogP contribution in [0.5, 0.6) is 5.88 Å². The molecule has 1 atom stereocenters. The first-order valence-corrected chi connectivity index (χ1v) is 8.96. The fourth-order valence-corrected chi connectivity index (χ4v) is 4.45. The number of aromatic hydroxyl groups is 1. The van der Waals surface area contributed by atoms with E-state index in [2.05, 4.69) is 15.0 Å². The van der Waals surface area contributed by atoms with Crippen molar-refractivity contribution in [1.82, 2.24) is 19.5 Å². The molecule has 0 spiro atoms. The van der Waals surface area contributed by atoms with E-state index in [1.807, 2.05) is 0 Å². The summed E-state index contributed by atoms with van der Waals surface area (Å²) >= 11 is 1.40. The van der Waals surface area contributed by atoms with E-state index in [1.54, 1.807) is 12.1 Å². The highest BCUT2D eigenvalue weighted by molar-refractivity contribution is 7.17. The number of aromatic nitrogens is 3. The van der Waals surface area contributed by atoms with E-state index in [4.69, 9.17) is 0 Å². The molecular weight excluding hydrogens is 342 g/mol. The largest absolute Gasteiger partial charge is 0.492 e. The summed E-state index contributed by atoms with van der Waals surface area (Å²) in [6.45, 7) is 1.85. The lowest BCUT2D eigenvalue weighted by molar-refractivity contribution is -0.384. The molecule has 8 nitrogen and oxygen atoms in total. The number of likely N-dealkylation sites (tertiary alicyclic amines) is 1. The lowest BCUT2D eigenvalue weighted by atomic mass is 10.00. The van der Waals surface area contributed by atoms with Gasteiger partial charge in [-0.1, -0.05) is 29.9 Å². The first-order valence-electron chi connectivity index (χ1n) is 8.15. The molecule has 0 amide bonds. The lowest BCUT2D eigenvalue weighted by Crippen LogP contribution is -2.34. The highest BCUT2D eigenvalue weighted by atomic mass is 32.1. The third kappa shape index (κ3) is 2.85. The molecule has 0 radical (unpaired) electrons. The van der Waals surface area contributed by atoms with E-state index >= 15 is 0 Å². The van der Waals surface area contributed by atoms with Gasteiger partial charge in [0.15, 0.2) is 0 Å². The quantitative estimate of drug-likeness (QED) is 0.568. The molecule has 0 aliphatic carbocycles. The Morgan fingerprint density at radius 1 is 1.20 bits per heavy atom. The van der Waals surface area contributed by atoms with Crippen LogP contribution in [0.3, 0.4) is 0 Å². The van der Waals surface area contributed by atoms with Crippen molar-refractivity contribution in [2.75, 3.05) is 13.1 Å². The average Bonchev–Trinajstić information content (AvgIpc) is 3.21. The third-order valence-electron chi connectivity index (χ3n) is 4.56. The van der Waals surface area contributed by atoms with Crippen LogP contribution in [0.15, 0.2) is 30.6 Å². The number of rotatable bonds is 4. The minimum absolute atomic E-state index is 0.0630. The average molecular weight is 359 g/mol. The van der Waals surface area contributed by atoms with Crippen LogP contribution in [0.25, 0.3) is 4.96 Å². The van der Waals surface area contributed by atoms with Crippen molar-refractivity contribution in [3.05, 3.63) is 51.1 Å². The minimum Gasteiger partial charge on any atom is -0.492 e. The number of nitrogens with zero attached hydrogens (tertiary/aromatic N) is 5. The Bertz CT molecular complexity index is 898. The van der Waals surface area contributed by atoms with E-state index in [9.17, 15) is 15.2 Å². The molecule has 0 saturated carbocycles. The first-order chi connectivity index (χ1) is 12.1. The van der Waals surface area contributed by atoms with Crippen LogP contribution < -0.4 is 0 Å². The Morgan fingerprint density at radius 2 is 1.92 bits per heavy atom. The lowest BCUT2D eigenvalue weighted by Gasteiger charge is -2.34. The van der Waals surface area contributed by atoms with E-state index in [1.165, 1.54) is 40.7 Å². The van der Waals surface area contributed by atoms with Crippen molar-refractivity contribution in [1.29, 1.82) is 0 Å². The van der Waals surface area contributed by atoms with Gasteiger partial charge in [-0.25, -0.2) is 4.98 Å². The molecule has 4 rings (SSSR count). The van der Waals surface area contributed by atoms with Gasteiger partial charge in [0.2, 0.25) is 10.8 Å². The van der Waals surface area contributed by atoms with Gasteiger partial charge in [-0.05, 0) is 31.5 Å². The monoisotopic (exact) mass is 359 g/mol. The number of thiazole rings is 1. The van der Waals surface area contributed by atoms with Crippen molar-refractivity contribution >= 4 is 22.0 Å². The van der Waals surface area contributed by atoms with Gasteiger partial charge in [0, 0.05) is 12.1 Å². The van der Waals surface area contributed by atoms with Crippen LogP contribution in [-0.2, 0) is 0 Å². The molecule has 0 bridgehead atoms. The molecule has 1 unspecified atom stereocenters. The van der Waals surface area contributed by atoms with Crippen molar-refractivity contribution in [3.63, 3.8) is 0 Å². The second-order valence-electron chi connectivity index (χ2n) is 6.09. The van der Waals surface area contributed by atoms with Crippen molar-refractivity contribution in [2.45, 2.75) is 25.3 Å². The summed E-state index contributed by atoms with van der Waals surface area (Å²) < 4.78 is 1.43. The summed E-state index contributed by atoms with van der Waals surface area (Å²) in [5, 5.41) is 25.6. The standard InChI is InChI=1S/C16H17N5O3S/c22-15-14(25-16-17-10-18-20(15)16)13(19-8-2-1-3-9-19)11-4-6-12(7-5-11)21(23)24/h4-7,10,13,22H,1-3,8-9H2. The first kappa shape index (κ1) is 16.0. The van der Waals surface area contributed by atoms with Crippen LogP contribution in [-0.4, -0.2) is 42.6 Å². The number of benzene rings is 1. The van der Waals surface area contributed by atoms with E-state index in [-0.39, 0.29) is 17.6 Å². The van der Waals surface area contributed by atoms with Gasteiger partial charge in [-0.3, -0.25) is 15.0 Å². The van der Waals surface area contributed by atoms with Crippen LogP contribution in [0.1, 0.15) is 35.7 Å². The number of nitro groups is 1.